The van der Waals surface area contributed by atoms with Crippen LogP contribution >= 0.6 is 0 Å². The van der Waals surface area contributed by atoms with Gasteiger partial charge in [-0.1, -0.05) is 127 Å². The molecular weight excluding hydrogens is 536 g/mol. The van der Waals surface area contributed by atoms with Crippen molar-refractivity contribution >= 4 is 22.4 Å². The van der Waals surface area contributed by atoms with Crippen molar-refractivity contribution in [3.63, 3.8) is 0 Å². The van der Waals surface area contributed by atoms with E-state index in [9.17, 15) is 0 Å². The van der Waals surface area contributed by atoms with Crippen LogP contribution in [0.3, 0.4) is 0 Å². The molecule has 206 valence electrons. The van der Waals surface area contributed by atoms with E-state index in [2.05, 4.69) is 17.4 Å². The largest absolute Gasteiger partial charge is 0.344 e. The van der Waals surface area contributed by atoms with Gasteiger partial charge < -0.3 is 5.32 Å². The Morgan fingerprint density at radius 2 is 1.14 bits per heavy atom. The number of nitrogens with one attached hydrogen (secondary N) is 1. The minimum Gasteiger partial charge on any atom is -0.344 e. The maximum absolute atomic E-state index is 15.6. The average molecular weight is 562 g/mol. The summed E-state index contributed by atoms with van der Waals surface area (Å²) in [6.07, 6.45) is -0.317. The molecular formula is C38H25F2N3. The molecule has 6 aromatic rings. The van der Waals surface area contributed by atoms with Crippen LogP contribution in [0.4, 0.5) is 8.78 Å². The number of fused-ring (bicyclic) bond motifs is 4. The van der Waals surface area contributed by atoms with Gasteiger partial charge in [-0.15, -0.1) is 0 Å². The van der Waals surface area contributed by atoms with E-state index in [0.29, 0.717) is 17.0 Å². The summed E-state index contributed by atoms with van der Waals surface area (Å²) in [6, 6.07) is 44.4. The van der Waals surface area contributed by atoms with E-state index < -0.39 is 5.92 Å². The minimum atomic E-state index is -3.05. The van der Waals surface area contributed by atoms with Crippen molar-refractivity contribution in [2.45, 2.75) is 12.1 Å². The van der Waals surface area contributed by atoms with Gasteiger partial charge in [0.15, 0.2) is 5.84 Å². The lowest BCUT2D eigenvalue weighted by molar-refractivity contribution is 0.0480. The van der Waals surface area contributed by atoms with E-state index in [4.69, 9.17) is 9.98 Å². The fourth-order valence-electron chi connectivity index (χ4n) is 6.21. The highest BCUT2D eigenvalue weighted by Crippen LogP contribution is 2.52. The lowest BCUT2D eigenvalue weighted by atomic mass is 9.92. The first-order valence-corrected chi connectivity index (χ1v) is 14.3. The Morgan fingerprint density at radius 3 is 1.93 bits per heavy atom. The first kappa shape index (κ1) is 25.3. The fraction of sp³-hybridized carbons (Fsp3) is 0.0526. The van der Waals surface area contributed by atoms with Gasteiger partial charge in [-0.25, -0.2) is 9.98 Å². The van der Waals surface area contributed by atoms with Crippen LogP contribution in [0.2, 0.25) is 0 Å². The number of rotatable bonds is 4. The summed E-state index contributed by atoms with van der Waals surface area (Å²) in [5.74, 6) is -1.69. The maximum atomic E-state index is 15.6. The molecule has 0 spiro atoms. The molecule has 6 aromatic carbocycles. The first-order chi connectivity index (χ1) is 21.1. The molecule has 0 radical (unpaired) electrons. The van der Waals surface area contributed by atoms with Crippen LogP contribution < -0.4 is 5.32 Å². The predicted octanol–water partition coefficient (Wildman–Crippen LogP) is 9.12. The summed E-state index contributed by atoms with van der Waals surface area (Å²) in [5, 5.41) is 5.41. The maximum Gasteiger partial charge on any atom is 0.299 e. The summed E-state index contributed by atoms with van der Waals surface area (Å²) in [6.45, 7) is 0. The number of alkyl halides is 2. The number of aliphatic imine (C=N–C) groups is 2. The van der Waals surface area contributed by atoms with Crippen molar-refractivity contribution in [2.24, 2.45) is 9.98 Å². The molecule has 8 rings (SSSR count). The van der Waals surface area contributed by atoms with Crippen molar-refractivity contribution in [3.05, 3.63) is 167 Å². The highest BCUT2D eigenvalue weighted by molar-refractivity contribution is 6.19. The van der Waals surface area contributed by atoms with E-state index in [0.717, 1.165) is 44.4 Å². The van der Waals surface area contributed by atoms with Gasteiger partial charge in [-0.3, -0.25) is 0 Å². The summed E-state index contributed by atoms with van der Waals surface area (Å²) in [7, 11) is 0. The van der Waals surface area contributed by atoms with E-state index in [1.165, 1.54) is 6.07 Å². The Hall–Kier alpha value is -5.42. The Kier molecular flexibility index (Phi) is 5.79. The predicted molar refractivity (Wildman–Crippen MR) is 170 cm³/mol. The molecule has 1 heterocycles. The van der Waals surface area contributed by atoms with E-state index in [1.54, 1.807) is 18.2 Å². The summed E-state index contributed by atoms with van der Waals surface area (Å²) in [5.41, 5.74) is 5.81. The number of hydrogen-bond donors (Lipinski definition) is 1. The molecule has 5 heteroatoms. The Bertz CT molecular complexity index is 2080. The highest BCUT2D eigenvalue weighted by Gasteiger charge is 2.44. The van der Waals surface area contributed by atoms with Gasteiger partial charge in [0.25, 0.3) is 5.92 Å². The number of amidine groups is 2. The zero-order valence-electron chi connectivity index (χ0n) is 23.0. The minimum absolute atomic E-state index is 0.0462. The highest BCUT2D eigenvalue weighted by atomic mass is 19.3. The van der Waals surface area contributed by atoms with E-state index in [1.807, 2.05) is 103 Å². The van der Waals surface area contributed by atoms with E-state index in [-0.39, 0.29) is 17.3 Å². The molecule has 43 heavy (non-hydrogen) atoms. The molecule has 1 unspecified atom stereocenters. The van der Waals surface area contributed by atoms with Gasteiger partial charge in [-0.2, -0.15) is 8.78 Å². The summed E-state index contributed by atoms with van der Waals surface area (Å²) >= 11 is 0. The molecule has 0 saturated carbocycles. The van der Waals surface area contributed by atoms with Crippen molar-refractivity contribution < 1.29 is 8.78 Å². The van der Waals surface area contributed by atoms with Gasteiger partial charge in [0.2, 0.25) is 0 Å². The van der Waals surface area contributed by atoms with Gasteiger partial charge in [-0.05, 0) is 50.7 Å². The van der Waals surface area contributed by atoms with Crippen LogP contribution in [-0.4, -0.2) is 11.7 Å². The van der Waals surface area contributed by atoms with E-state index >= 15 is 8.78 Å². The second-order valence-corrected chi connectivity index (χ2v) is 10.8. The second kappa shape index (κ2) is 9.85. The molecule has 1 atom stereocenters. The van der Waals surface area contributed by atoms with Crippen molar-refractivity contribution in [2.75, 3.05) is 0 Å². The molecule has 3 nitrogen and oxygen atoms in total. The van der Waals surface area contributed by atoms with Crippen LogP contribution in [0.5, 0.6) is 0 Å². The number of hydrogen-bond acceptors (Lipinski definition) is 3. The van der Waals surface area contributed by atoms with Crippen LogP contribution in [0.15, 0.2) is 150 Å². The quantitative estimate of drug-likeness (QED) is 0.229. The number of benzene rings is 6. The molecule has 2 aliphatic rings. The lowest BCUT2D eigenvalue weighted by Crippen LogP contribution is -2.33. The van der Waals surface area contributed by atoms with Gasteiger partial charge in [0.1, 0.15) is 12.0 Å². The lowest BCUT2D eigenvalue weighted by Gasteiger charge is -2.24. The molecule has 0 amide bonds. The SMILES string of the molecule is FC1(F)c2ccccc2-c2ccc(-c3ccc(C4=NC(c5ccccc5)NC(c5ccccc5)=N4)c4ccccc34)cc21. The molecule has 0 bridgehead atoms. The Labute approximate surface area is 247 Å². The molecule has 1 aliphatic carbocycles. The zero-order valence-corrected chi connectivity index (χ0v) is 23.0. The van der Waals surface area contributed by atoms with Crippen LogP contribution in [-0.2, 0) is 5.92 Å². The molecule has 1 aliphatic heterocycles. The zero-order chi connectivity index (χ0) is 29.0. The number of halogens is 2. The topological polar surface area (TPSA) is 36.8 Å². The van der Waals surface area contributed by atoms with Crippen molar-refractivity contribution in [3.8, 4) is 22.3 Å². The molecule has 1 N–H and O–H groups in total. The van der Waals surface area contributed by atoms with Crippen LogP contribution in [0.1, 0.15) is 34.0 Å². The number of nitrogens with zero attached hydrogens (tertiary/aromatic N) is 2. The molecule has 0 fully saturated rings. The monoisotopic (exact) mass is 561 g/mol. The van der Waals surface area contributed by atoms with Gasteiger partial charge in [0, 0.05) is 22.3 Å². The van der Waals surface area contributed by atoms with Crippen LogP contribution in [0.25, 0.3) is 33.0 Å². The third kappa shape index (κ3) is 4.16. The normalized spacial score (nSPS) is 16.6. The van der Waals surface area contributed by atoms with Gasteiger partial charge in [0.05, 0.1) is 0 Å². The van der Waals surface area contributed by atoms with Gasteiger partial charge >= 0.3 is 0 Å². The second-order valence-electron chi connectivity index (χ2n) is 10.8. The molecule has 0 saturated heterocycles. The standard InChI is InChI=1S/C38H25F2N3/c39-38(40)33-18-10-9-17-30(33)31-20-19-26(23-34(31)38)27-21-22-32(29-16-8-7-15-28(27)29)37-42-35(24-11-3-1-4-12-24)41-36(43-37)25-13-5-2-6-14-25/h1-23,35H,(H,41,42,43). The Morgan fingerprint density at radius 1 is 0.535 bits per heavy atom. The Balaban J connectivity index is 1.27. The summed E-state index contributed by atoms with van der Waals surface area (Å²) < 4.78 is 31.1. The molecule has 0 aromatic heterocycles. The van der Waals surface area contributed by atoms with Crippen LogP contribution in [0, 0.1) is 0 Å². The van der Waals surface area contributed by atoms with Crippen molar-refractivity contribution in [1.29, 1.82) is 0 Å². The summed E-state index contributed by atoms with van der Waals surface area (Å²) in [4.78, 5) is 10.1. The first-order valence-electron chi connectivity index (χ1n) is 14.3. The third-order valence-electron chi connectivity index (χ3n) is 8.29. The van der Waals surface area contributed by atoms with Crippen molar-refractivity contribution in [1.82, 2.24) is 5.32 Å². The average Bonchev–Trinajstić information content (AvgIpc) is 3.30. The third-order valence-corrected chi connectivity index (χ3v) is 8.29. The fourth-order valence-corrected chi connectivity index (χ4v) is 6.21. The smallest absolute Gasteiger partial charge is 0.299 e.